The summed E-state index contributed by atoms with van der Waals surface area (Å²) in [4.78, 5) is 13.1. The highest BCUT2D eigenvalue weighted by Gasteiger charge is 2.19. The van der Waals surface area contributed by atoms with Crippen molar-refractivity contribution in [2.24, 2.45) is 0 Å². The fourth-order valence-corrected chi connectivity index (χ4v) is 3.58. The van der Waals surface area contributed by atoms with Crippen LogP contribution < -0.4 is 9.60 Å². The molecular formula is C9H14N2O4S2. The summed E-state index contributed by atoms with van der Waals surface area (Å²) in [7, 11) is -3.60. The number of H-pyrrole nitrogens is 1. The molecule has 96 valence electrons. The second-order valence-electron chi connectivity index (χ2n) is 3.22. The lowest BCUT2D eigenvalue weighted by Crippen LogP contribution is -2.25. The molecule has 2 N–H and O–H groups in total. The zero-order valence-electron chi connectivity index (χ0n) is 9.36. The number of thiazole rings is 1. The van der Waals surface area contributed by atoms with Crippen LogP contribution in [-0.2, 0) is 14.8 Å². The Balaban J connectivity index is 2.60. The summed E-state index contributed by atoms with van der Waals surface area (Å²) < 4.78 is 30.8. The van der Waals surface area contributed by atoms with Crippen LogP contribution in [0.2, 0.25) is 0 Å². The third-order valence-corrected chi connectivity index (χ3v) is 4.94. The Bertz CT molecular complexity index is 529. The van der Waals surface area contributed by atoms with Crippen LogP contribution in [0.5, 0.6) is 0 Å². The quantitative estimate of drug-likeness (QED) is 0.564. The molecule has 0 radical (unpaired) electrons. The fourth-order valence-electron chi connectivity index (χ4n) is 1.16. The van der Waals surface area contributed by atoms with Gasteiger partial charge in [0.05, 0.1) is 12.9 Å². The number of hydrogen-bond donors (Lipinski definition) is 2. The van der Waals surface area contributed by atoms with E-state index in [1.807, 2.05) is 0 Å². The van der Waals surface area contributed by atoms with Gasteiger partial charge in [-0.3, -0.25) is 4.79 Å². The lowest BCUT2D eigenvalue weighted by molar-refractivity contribution is 0.247. The second-order valence-corrected chi connectivity index (χ2v) is 6.16. The number of hydrogen-bond acceptors (Lipinski definition) is 5. The van der Waals surface area contributed by atoms with Gasteiger partial charge >= 0.3 is 4.87 Å². The van der Waals surface area contributed by atoms with E-state index < -0.39 is 10.0 Å². The van der Waals surface area contributed by atoms with E-state index >= 15 is 0 Å². The molecule has 0 spiro atoms. The van der Waals surface area contributed by atoms with E-state index in [2.05, 4.69) is 16.3 Å². The molecule has 1 aromatic rings. The monoisotopic (exact) mass is 278 g/mol. The molecule has 6 nitrogen and oxygen atoms in total. The third kappa shape index (κ3) is 3.99. The lowest BCUT2D eigenvalue weighted by Gasteiger charge is -2.05. The van der Waals surface area contributed by atoms with Gasteiger partial charge in [-0.15, -0.1) is 0 Å². The molecule has 0 aliphatic rings. The first-order valence-corrected chi connectivity index (χ1v) is 7.19. The van der Waals surface area contributed by atoms with Gasteiger partial charge in [0.15, 0.2) is 4.21 Å². The number of nitrogens with one attached hydrogen (secondary N) is 2. The van der Waals surface area contributed by atoms with Crippen molar-refractivity contribution in [1.82, 2.24) is 9.71 Å². The van der Waals surface area contributed by atoms with Crippen molar-refractivity contribution in [2.75, 3.05) is 13.2 Å². The number of aryl methyl sites for hydroxylation is 1. The number of aromatic nitrogens is 1. The predicted molar refractivity (Wildman–Crippen MR) is 65.6 cm³/mol. The highest BCUT2D eigenvalue weighted by Crippen LogP contribution is 2.14. The van der Waals surface area contributed by atoms with Crippen LogP contribution in [-0.4, -0.2) is 26.6 Å². The Morgan fingerprint density at radius 2 is 2.29 bits per heavy atom. The Morgan fingerprint density at radius 1 is 1.59 bits per heavy atom. The van der Waals surface area contributed by atoms with E-state index in [1.165, 1.54) is 6.26 Å². The van der Waals surface area contributed by atoms with Crippen molar-refractivity contribution in [2.45, 2.75) is 17.6 Å². The van der Waals surface area contributed by atoms with Gasteiger partial charge in [0.25, 0.3) is 10.0 Å². The zero-order valence-corrected chi connectivity index (χ0v) is 11.0. The van der Waals surface area contributed by atoms with Crippen LogP contribution in [0.1, 0.15) is 12.1 Å². The van der Waals surface area contributed by atoms with Gasteiger partial charge in [-0.1, -0.05) is 17.9 Å². The van der Waals surface area contributed by atoms with Crippen LogP contribution in [0.15, 0.2) is 21.8 Å². The van der Waals surface area contributed by atoms with Gasteiger partial charge in [-0.2, -0.15) is 0 Å². The maximum Gasteiger partial charge on any atom is 0.305 e. The summed E-state index contributed by atoms with van der Waals surface area (Å²) >= 11 is 0.681. The topological polar surface area (TPSA) is 88.3 Å². The SMILES string of the molecule is C=COCCCNS(=O)(=O)c1sc(=O)[nH]c1C. The molecule has 1 aromatic heterocycles. The fraction of sp³-hybridized carbons (Fsp3) is 0.444. The molecule has 0 amide bonds. The van der Waals surface area contributed by atoms with Crippen molar-refractivity contribution in [3.63, 3.8) is 0 Å². The summed E-state index contributed by atoms with van der Waals surface area (Å²) in [6.07, 6.45) is 1.83. The van der Waals surface area contributed by atoms with E-state index in [-0.39, 0.29) is 15.6 Å². The molecule has 0 unspecified atom stereocenters. The van der Waals surface area contributed by atoms with Crippen molar-refractivity contribution in [1.29, 1.82) is 0 Å². The first kappa shape index (κ1) is 13.9. The van der Waals surface area contributed by atoms with Crippen LogP contribution in [0.4, 0.5) is 0 Å². The van der Waals surface area contributed by atoms with Crippen molar-refractivity contribution >= 4 is 21.4 Å². The highest BCUT2D eigenvalue weighted by molar-refractivity contribution is 7.91. The largest absolute Gasteiger partial charge is 0.502 e. The zero-order chi connectivity index (χ0) is 12.9. The smallest absolute Gasteiger partial charge is 0.305 e. The average Bonchev–Trinajstić information content (AvgIpc) is 2.58. The average molecular weight is 278 g/mol. The maximum atomic E-state index is 11.8. The molecule has 17 heavy (non-hydrogen) atoms. The summed E-state index contributed by atoms with van der Waals surface area (Å²) in [6.45, 7) is 5.57. The van der Waals surface area contributed by atoms with Crippen LogP contribution in [0.25, 0.3) is 0 Å². The standard InChI is InChI=1S/C9H14N2O4S2/c1-3-15-6-4-5-10-17(13,14)8-7(2)11-9(12)16-8/h3,10H,1,4-6H2,2H3,(H,11,12). The minimum absolute atomic E-state index is 0.0344. The van der Waals surface area contributed by atoms with Crippen LogP contribution >= 0.6 is 11.3 Å². The lowest BCUT2D eigenvalue weighted by atomic mass is 10.5. The molecule has 0 fully saturated rings. The molecular weight excluding hydrogens is 264 g/mol. The molecule has 0 aromatic carbocycles. The Kier molecular flexibility index (Phi) is 4.91. The summed E-state index contributed by atoms with van der Waals surface area (Å²) in [5.41, 5.74) is 0.356. The van der Waals surface area contributed by atoms with Gasteiger partial charge in [-0.05, 0) is 13.3 Å². The Hall–Kier alpha value is -1.12. The minimum Gasteiger partial charge on any atom is -0.502 e. The molecule has 1 heterocycles. The van der Waals surface area contributed by atoms with Gasteiger partial charge in [-0.25, -0.2) is 13.1 Å². The maximum absolute atomic E-state index is 11.8. The molecule has 0 aliphatic carbocycles. The predicted octanol–water partition coefficient (Wildman–Crippen LogP) is 0.573. The van der Waals surface area contributed by atoms with Crippen molar-refractivity contribution in [3.05, 3.63) is 28.2 Å². The first-order chi connectivity index (χ1) is 7.97. The second kappa shape index (κ2) is 5.99. The molecule has 0 atom stereocenters. The Morgan fingerprint density at radius 3 is 2.82 bits per heavy atom. The van der Waals surface area contributed by atoms with E-state index in [9.17, 15) is 13.2 Å². The first-order valence-electron chi connectivity index (χ1n) is 4.89. The van der Waals surface area contributed by atoms with Gasteiger partial charge in [0, 0.05) is 12.2 Å². The summed E-state index contributed by atoms with van der Waals surface area (Å²) in [5.74, 6) is 0. The number of rotatable bonds is 7. The molecule has 1 rings (SSSR count). The van der Waals surface area contributed by atoms with Crippen LogP contribution in [0.3, 0.4) is 0 Å². The van der Waals surface area contributed by atoms with Gasteiger partial charge < -0.3 is 9.72 Å². The summed E-state index contributed by atoms with van der Waals surface area (Å²) in [5, 5.41) is 0. The summed E-state index contributed by atoms with van der Waals surface area (Å²) in [6, 6.07) is 0. The number of sulfonamides is 1. The van der Waals surface area contributed by atoms with Crippen molar-refractivity contribution in [3.8, 4) is 0 Å². The van der Waals surface area contributed by atoms with E-state index in [0.29, 0.717) is 30.1 Å². The van der Waals surface area contributed by atoms with Crippen molar-refractivity contribution < 1.29 is 13.2 Å². The van der Waals surface area contributed by atoms with E-state index in [0.717, 1.165) is 0 Å². The Labute approximate surface area is 103 Å². The number of ether oxygens (including phenoxy) is 1. The van der Waals surface area contributed by atoms with E-state index in [4.69, 9.17) is 4.74 Å². The van der Waals surface area contributed by atoms with E-state index in [1.54, 1.807) is 6.92 Å². The molecule has 0 aliphatic heterocycles. The van der Waals surface area contributed by atoms with Crippen LogP contribution in [0, 0.1) is 6.92 Å². The molecule has 0 saturated heterocycles. The normalized spacial score (nSPS) is 11.4. The number of aromatic amines is 1. The minimum atomic E-state index is -3.60. The van der Waals surface area contributed by atoms with Gasteiger partial charge in [0.1, 0.15) is 0 Å². The highest BCUT2D eigenvalue weighted by atomic mass is 32.2. The molecule has 0 saturated carbocycles. The molecule has 8 heteroatoms. The third-order valence-electron chi connectivity index (χ3n) is 1.87. The van der Waals surface area contributed by atoms with Gasteiger partial charge in [0.2, 0.25) is 0 Å². The molecule has 0 bridgehead atoms.